The number of aliphatic hydroxyl groups is 1. The van der Waals surface area contributed by atoms with E-state index in [-0.39, 0.29) is 11.5 Å². The Bertz CT molecular complexity index is 503. The number of ether oxygens (including phenoxy) is 1. The highest BCUT2D eigenvalue weighted by Gasteiger charge is 2.34. The van der Waals surface area contributed by atoms with Gasteiger partial charge in [-0.25, -0.2) is 13.1 Å². The SMILES string of the molecule is CC1(NS(=O)(=O)c2ccc(CO)cc2)CCOC1. The van der Waals surface area contributed by atoms with Crippen LogP contribution in [0.4, 0.5) is 0 Å². The number of hydrogen-bond donors (Lipinski definition) is 2. The molecular weight excluding hydrogens is 254 g/mol. The highest BCUT2D eigenvalue weighted by atomic mass is 32.2. The molecule has 1 aliphatic heterocycles. The van der Waals surface area contributed by atoms with Crippen molar-refractivity contribution < 1.29 is 18.3 Å². The fraction of sp³-hybridized carbons (Fsp3) is 0.500. The van der Waals surface area contributed by atoms with Crippen LogP contribution in [0.2, 0.25) is 0 Å². The third kappa shape index (κ3) is 2.89. The third-order valence-corrected chi connectivity index (χ3v) is 4.67. The quantitative estimate of drug-likeness (QED) is 0.842. The molecule has 1 aromatic rings. The third-order valence-electron chi connectivity index (χ3n) is 3.02. The number of nitrogens with one attached hydrogen (secondary N) is 1. The fourth-order valence-corrected chi connectivity index (χ4v) is 3.33. The summed E-state index contributed by atoms with van der Waals surface area (Å²) in [5, 5.41) is 8.92. The van der Waals surface area contributed by atoms with Gasteiger partial charge in [-0.05, 0) is 31.0 Å². The van der Waals surface area contributed by atoms with Gasteiger partial charge in [-0.15, -0.1) is 0 Å². The van der Waals surface area contributed by atoms with Crippen LogP contribution in [-0.2, 0) is 21.4 Å². The summed E-state index contributed by atoms with van der Waals surface area (Å²) in [4.78, 5) is 0.202. The minimum Gasteiger partial charge on any atom is -0.392 e. The van der Waals surface area contributed by atoms with E-state index >= 15 is 0 Å². The maximum absolute atomic E-state index is 12.2. The summed E-state index contributed by atoms with van der Waals surface area (Å²) in [6.45, 7) is 2.70. The second kappa shape index (κ2) is 4.97. The van der Waals surface area contributed by atoms with Gasteiger partial charge in [0.15, 0.2) is 0 Å². The average molecular weight is 271 g/mol. The van der Waals surface area contributed by atoms with Crippen LogP contribution in [0.15, 0.2) is 29.2 Å². The Hall–Kier alpha value is -0.950. The van der Waals surface area contributed by atoms with Crippen molar-refractivity contribution in [1.82, 2.24) is 4.72 Å². The predicted octanol–water partition coefficient (Wildman–Crippen LogP) is 0.636. The standard InChI is InChI=1S/C12H17NO4S/c1-12(6-7-17-9-12)13-18(15,16)11-4-2-10(8-14)3-5-11/h2-5,13-14H,6-9H2,1H3. The zero-order valence-electron chi connectivity index (χ0n) is 10.2. The van der Waals surface area contributed by atoms with E-state index in [1.54, 1.807) is 12.1 Å². The Morgan fingerprint density at radius 2 is 2.06 bits per heavy atom. The molecule has 2 rings (SSSR count). The van der Waals surface area contributed by atoms with Crippen LogP contribution < -0.4 is 4.72 Å². The van der Waals surface area contributed by atoms with E-state index in [1.165, 1.54) is 12.1 Å². The summed E-state index contributed by atoms with van der Waals surface area (Å²) in [6, 6.07) is 6.18. The number of benzene rings is 1. The monoisotopic (exact) mass is 271 g/mol. The number of rotatable bonds is 4. The van der Waals surface area contributed by atoms with Crippen LogP contribution in [0, 0.1) is 0 Å². The molecule has 0 aromatic heterocycles. The van der Waals surface area contributed by atoms with Gasteiger partial charge in [0.25, 0.3) is 0 Å². The van der Waals surface area contributed by atoms with Crippen molar-refractivity contribution in [3.8, 4) is 0 Å². The van der Waals surface area contributed by atoms with Gasteiger partial charge in [0.1, 0.15) is 0 Å². The van der Waals surface area contributed by atoms with Crippen molar-refractivity contribution in [2.45, 2.75) is 30.4 Å². The molecule has 1 aromatic carbocycles. The molecule has 0 radical (unpaired) electrons. The van der Waals surface area contributed by atoms with Gasteiger partial charge in [0.2, 0.25) is 10.0 Å². The maximum atomic E-state index is 12.2. The molecule has 1 fully saturated rings. The van der Waals surface area contributed by atoms with E-state index < -0.39 is 15.6 Å². The highest BCUT2D eigenvalue weighted by Crippen LogP contribution is 2.21. The van der Waals surface area contributed by atoms with Crippen molar-refractivity contribution in [3.05, 3.63) is 29.8 Å². The van der Waals surface area contributed by atoms with Gasteiger partial charge in [0.05, 0.1) is 23.6 Å². The molecule has 1 saturated heterocycles. The van der Waals surface area contributed by atoms with E-state index in [4.69, 9.17) is 9.84 Å². The molecule has 5 nitrogen and oxygen atoms in total. The van der Waals surface area contributed by atoms with Crippen LogP contribution in [0.1, 0.15) is 18.9 Å². The van der Waals surface area contributed by atoms with Crippen molar-refractivity contribution in [2.24, 2.45) is 0 Å². The molecule has 6 heteroatoms. The van der Waals surface area contributed by atoms with Crippen molar-refractivity contribution in [1.29, 1.82) is 0 Å². The summed E-state index contributed by atoms with van der Waals surface area (Å²) < 4.78 is 32.2. The maximum Gasteiger partial charge on any atom is 0.241 e. The fourth-order valence-electron chi connectivity index (χ4n) is 1.90. The van der Waals surface area contributed by atoms with Gasteiger partial charge < -0.3 is 9.84 Å². The van der Waals surface area contributed by atoms with Crippen LogP contribution in [0.3, 0.4) is 0 Å². The first-order valence-electron chi connectivity index (χ1n) is 5.77. The molecule has 0 spiro atoms. The van der Waals surface area contributed by atoms with Crippen LogP contribution in [0.25, 0.3) is 0 Å². The highest BCUT2D eigenvalue weighted by molar-refractivity contribution is 7.89. The van der Waals surface area contributed by atoms with E-state index in [0.717, 1.165) is 0 Å². The van der Waals surface area contributed by atoms with Crippen LogP contribution in [-0.4, -0.2) is 32.3 Å². The average Bonchev–Trinajstić information content (AvgIpc) is 2.75. The van der Waals surface area contributed by atoms with E-state index in [9.17, 15) is 8.42 Å². The number of aliphatic hydroxyl groups excluding tert-OH is 1. The minimum atomic E-state index is -3.54. The zero-order valence-corrected chi connectivity index (χ0v) is 11.0. The summed E-state index contributed by atoms with van der Waals surface area (Å²) >= 11 is 0. The molecule has 1 atom stereocenters. The Kier molecular flexibility index (Phi) is 3.72. The molecule has 18 heavy (non-hydrogen) atoms. The van der Waals surface area contributed by atoms with Gasteiger partial charge in [-0.2, -0.15) is 0 Å². The topological polar surface area (TPSA) is 75.6 Å². The van der Waals surface area contributed by atoms with Crippen LogP contribution >= 0.6 is 0 Å². The summed E-state index contributed by atoms with van der Waals surface area (Å²) in [5.41, 5.74) is 0.151. The normalized spacial score (nSPS) is 24.3. The van der Waals surface area contributed by atoms with Crippen molar-refractivity contribution in [3.63, 3.8) is 0 Å². The smallest absolute Gasteiger partial charge is 0.241 e. The van der Waals surface area contributed by atoms with E-state index in [2.05, 4.69) is 4.72 Å². The molecule has 0 bridgehead atoms. The Morgan fingerprint density at radius 1 is 1.39 bits per heavy atom. The molecule has 100 valence electrons. The number of sulfonamides is 1. The van der Waals surface area contributed by atoms with Crippen LogP contribution in [0.5, 0.6) is 0 Å². The molecule has 1 heterocycles. The molecule has 1 unspecified atom stereocenters. The lowest BCUT2D eigenvalue weighted by Crippen LogP contribution is -2.46. The second-order valence-corrected chi connectivity index (χ2v) is 6.45. The molecule has 0 aliphatic carbocycles. The summed E-state index contributed by atoms with van der Waals surface area (Å²) in [7, 11) is -3.54. The van der Waals surface area contributed by atoms with Gasteiger partial charge in [-0.3, -0.25) is 0 Å². The molecule has 0 saturated carbocycles. The van der Waals surface area contributed by atoms with Gasteiger partial charge in [0, 0.05) is 6.61 Å². The van der Waals surface area contributed by atoms with Crippen molar-refractivity contribution in [2.75, 3.05) is 13.2 Å². The van der Waals surface area contributed by atoms with E-state index in [1.807, 2.05) is 6.92 Å². The first-order chi connectivity index (χ1) is 8.45. The molecular formula is C12H17NO4S. The molecule has 2 N–H and O–H groups in total. The molecule has 0 amide bonds. The first kappa shape index (κ1) is 13.5. The lowest BCUT2D eigenvalue weighted by Gasteiger charge is -2.23. The Morgan fingerprint density at radius 3 is 2.56 bits per heavy atom. The molecule has 1 aliphatic rings. The summed E-state index contributed by atoms with van der Waals surface area (Å²) in [5.74, 6) is 0. The predicted molar refractivity (Wildman–Crippen MR) is 66.5 cm³/mol. The minimum absolute atomic E-state index is 0.0979. The lowest BCUT2D eigenvalue weighted by atomic mass is 10.0. The second-order valence-electron chi connectivity index (χ2n) is 4.77. The van der Waals surface area contributed by atoms with Crippen molar-refractivity contribution >= 4 is 10.0 Å². The Balaban J connectivity index is 2.19. The first-order valence-corrected chi connectivity index (χ1v) is 7.25. The Labute approximate surface area is 107 Å². The largest absolute Gasteiger partial charge is 0.392 e. The van der Waals surface area contributed by atoms with Gasteiger partial charge in [-0.1, -0.05) is 12.1 Å². The summed E-state index contributed by atoms with van der Waals surface area (Å²) in [6.07, 6.45) is 0.668. The zero-order chi connectivity index (χ0) is 13.2. The van der Waals surface area contributed by atoms with E-state index in [0.29, 0.717) is 25.2 Å². The lowest BCUT2D eigenvalue weighted by molar-refractivity contribution is 0.178. The van der Waals surface area contributed by atoms with Gasteiger partial charge >= 0.3 is 0 Å². The number of hydrogen-bond acceptors (Lipinski definition) is 4.